The molecule has 1 amide bonds. The summed E-state index contributed by atoms with van der Waals surface area (Å²) < 4.78 is 11.1. The third-order valence-corrected chi connectivity index (χ3v) is 4.16. The normalized spacial score (nSPS) is 19.2. The highest BCUT2D eigenvalue weighted by atomic mass is 16.5. The van der Waals surface area contributed by atoms with Crippen LogP contribution >= 0.6 is 0 Å². The van der Waals surface area contributed by atoms with E-state index in [-0.39, 0.29) is 11.9 Å². The summed E-state index contributed by atoms with van der Waals surface area (Å²) in [7, 11) is 1.64. The largest absolute Gasteiger partial charge is 0.497 e. The van der Waals surface area contributed by atoms with E-state index in [1.54, 1.807) is 7.11 Å². The van der Waals surface area contributed by atoms with Gasteiger partial charge in [0, 0.05) is 17.2 Å². The van der Waals surface area contributed by atoms with Crippen LogP contribution in [0.3, 0.4) is 0 Å². The fourth-order valence-electron chi connectivity index (χ4n) is 3.18. The quantitative estimate of drug-likeness (QED) is 0.806. The Morgan fingerprint density at radius 1 is 1.19 bits per heavy atom. The van der Waals surface area contributed by atoms with Crippen molar-refractivity contribution in [3.8, 4) is 11.5 Å². The third-order valence-electron chi connectivity index (χ3n) is 4.16. The summed E-state index contributed by atoms with van der Waals surface area (Å²) in [5.74, 6) is 1.65. The average Bonchev–Trinajstić information content (AvgIpc) is 2.70. The molecule has 1 atom stereocenters. The average molecular weight is 281 g/mol. The van der Waals surface area contributed by atoms with Crippen molar-refractivity contribution >= 4 is 5.91 Å². The lowest BCUT2D eigenvalue weighted by Crippen LogP contribution is -2.30. The Bertz CT molecular complexity index is 726. The van der Waals surface area contributed by atoms with Crippen molar-refractivity contribution in [1.82, 2.24) is 4.90 Å². The molecule has 1 unspecified atom stereocenters. The van der Waals surface area contributed by atoms with Gasteiger partial charge >= 0.3 is 0 Å². The standard InChI is InChI=1S/C17H15NO3/c1-20-11-6-7-14-15(10-11)21-9-8-18-16(14)12-4-2-3-5-13(12)17(18)19/h2-7,10,16H,8-9H2,1H3. The molecule has 2 aliphatic rings. The van der Waals surface area contributed by atoms with Crippen molar-refractivity contribution in [3.63, 3.8) is 0 Å². The van der Waals surface area contributed by atoms with Crippen LogP contribution in [0.25, 0.3) is 0 Å². The fraction of sp³-hybridized carbons (Fsp3) is 0.235. The minimum atomic E-state index is -0.0582. The summed E-state index contributed by atoms with van der Waals surface area (Å²) in [6.07, 6.45) is 0. The van der Waals surface area contributed by atoms with Gasteiger partial charge in [0.2, 0.25) is 0 Å². The van der Waals surface area contributed by atoms with Crippen LogP contribution in [-0.2, 0) is 0 Å². The maximum atomic E-state index is 12.6. The van der Waals surface area contributed by atoms with Crippen molar-refractivity contribution in [2.75, 3.05) is 20.3 Å². The van der Waals surface area contributed by atoms with Crippen LogP contribution in [0, 0.1) is 0 Å². The first kappa shape index (κ1) is 12.3. The zero-order chi connectivity index (χ0) is 14.4. The molecule has 2 aromatic carbocycles. The molecule has 2 heterocycles. The van der Waals surface area contributed by atoms with Gasteiger partial charge in [0.05, 0.1) is 19.7 Å². The van der Waals surface area contributed by atoms with E-state index in [1.165, 1.54) is 0 Å². The van der Waals surface area contributed by atoms with E-state index < -0.39 is 0 Å². The number of hydrogen-bond donors (Lipinski definition) is 0. The van der Waals surface area contributed by atoms with Gasteiger partial charge in [0.15, 0.2) is 0 Å². The van der Waals surface area contributed by atoms with Crippen molar-refractivity contribution < 1.29 is 14.3 Å². The Balaban J connectivity index is 1.91. The molecule has 2 aliphatic heterocycles. The smallest absolute Gasteiger partial charge is 0.255 e. The topological polar surface area (TPSA) is 38.8 Å². The molecule has 4 heteroatoms. The molecule has 4 rings (SSSR count). The first-order chi connectivity index (χ1) is 10.3. The minimum Gasteiger partial charge on any atom is -0.497 e. The van der Waals surface area contributed by atoms with Gasteiger partial charge < -0.3 is 14.4 Å². The van der Waals surface area contributed by atoms with Crippen LogP contribution in [-0.4, -0.2) is 31.1 Å². The number of amides is 1. The molecule has 0 aromatic heterocycles. The molecule has 0 saturated heterocycles. The maximum absolute atomic E-state index is 12.6. The van der Waals surface area contributed by atoms with Gasteiger partial charge in [0.1, 0.15) is 18.1 Å². The predicted molar refractivity (Wildman–Crippen MR) is 77.8 cm³/mol. The number of methoxy groups -OCH3 is 1. The Morgan fingerprint density at radius 2 is 2.05 bits per heavy atom. The zero-order valence-corrected chi connectivity index (χ0v) is 11.7. The summed E-state index contributed by atoms with van der Waals surface area (Å²) in [4.78, 5) is 14.5. The molecule has 0 N–H and O–H groups in total. The minimum absolute atomic E-state index is 0.0582. The number of benzene rings is 2. The fourth-order valence-corrected chi connectivity index (χ4v) is 3.18. The third kappa shape index (κ3) is 1.72. The molecule has 0 spiro atoms. The molecule has 106 valence electrons. The Hall–Kier alpha value is -2.49. The first-order valence-corrected chi connectivity index (χ1v) is 7.00. The highest BCUT2D eigenvalue weighted by Gasteiger charge is 2.39. The molecule has 21 heavy (non-hydrogen) atoms. The molecule has 0 radical (unpaired) electrons. The van der Waals surface area contributed by atoms with Crippen LogP contribution in [0.2, 0.25) is 0 Å². The lowest BCUT2D eigenvalue weighted by molar-refractivity contribution is 0.0740. The molecule has 0 aliphatic carbocycles. The monoisotopic (exact) mass is 281 g/mol. The lowest BCUT2D eigenvalue weighted by Gasteiger charge is -2.22. The number of carbonyl (C=O) groups excluding carboxylic acids is 1. The lowest BCUT2D eigenvalue weighted by atomic mass is 9.97. The van der Waals surface area contributed by atoms with E-state index in [4.69, 9.17) is 9.47 Å². The van der Waals surface area contributed by atoms with E-state index in [1.807, 2.05) is 47.4 Å². The molecular formula is C17H15NO3. The Morgan fingerprint density at radius 3 is 2.90 bits per heavy atom. The van der Waals surface area contributed by atoms with Gasteiger partial charge in [-0.25, -0.2) is 0 Å². The Labute approximate surface area is 122 Å². The van der Waals surface area contributed by atoms with Gasteiger partial charge in [-0.05, 0) is 23.8 Å². The summed E-state index contributed by atoms with van der Waals surface area (Å²) in [5.41, 5.74) is 2.87. The Kier molecular flexibility index (Phi) is 2.64. The summed E-state index contributed by atoms with van der Waals surface area (Å²) in [6, 6.07) is 13.6. The second kappa shape index (κ2) is 4.52. The van der Waals surface area contributed by atoms with Gasteiger partial charge in [0.25, 0.3) is 5.91 Å². The molecule has 0 fully saturated rings. The first-order valence-electron chi connectivity index (χ1n) is 7.00. The SMILES string of the molecule is COc1ccc2c(c1)OCCN1C(=O)c3ccccc3C21. The molecule has 4 nitrogen and oxygen atoms in total. The second-order valence-electron chi connectivity index (χ2n) is 5.24. The maximum Gasteiger partial charge on any atom is 0.255 e. The summed E-state index contributed by atoms with van der Waals surface area (Å²) in [5, 5.41) is 0. The van der Waals surface area contributed by atoms with Gasteiger partial charge in [-0.1, -0.05) is 18.2 Å². The highest BCUT2D eigenvalue weighted by molar-refractivity contribution is 6.00. The number of carbonyl (C=O) groups is 1. The van der Waals surface area contributed by atoms with Crippen molar-refractivity contribution in [3.05, 3.63) is 59.2 Å². The van der Waals surface area contributed by atoms with Crippen LogP contribution in [0.4, 0.5) is 0 Å². The van der Waals surface area contributed by atoms with E-state index in [0.717, 1.165) is 28.2 Å². The van der Waals surface area contributed by atoms with Crippen LogP contribution in [0.1, 0.15) is 27.5 Å². The van der Waals surface area contributed by atoms with Gasteiger partial charge in [-0.2, -0.15) is 0 Å². The highest BCUT2D eigenvalue weighted by Crippen LogP contribution is 2.44. The van der Waals surface area contributed by atoms with Gasteiger partial charge in [-0.15, -0.1) is 0 Å². The number of rotatable bonds is 1. The van der Waals surface area contributed by atoms with Gasteiger partial charge in [-0.3, -0.25) is 4.79 Å². The molecule has 2 aromatic rings. The van der Waals surface area contributed by atoms with Crippen LogP contribution in [0.15, 0.2) is 42.5 Å². The van der Waals surface area contributed by atoms with E-state index in [0.29, 0.717) is 13.2 Å². The van der Waals surface area contributed by atoms with Crippen LogP contribution in [0.5, 0.6) is 11.5 Å². The van der Waals surface area contributed by atoms with E-state index in [2.05, 4.69) is 0 Å². The molecular weight excluding hydrogens is 266 g/mol. The zero-order valence-electron chi connectivity index (χ0n) is 11.7. The number of hydrogen-bond acceptors (Lipinski definition) is 3. The predicted octanol–water partition coefficient (Wildman–Crippen LogP) is 2.63. The molecule has 0 bridgehead atoms. The summed E-state index contributed by atoms with van der Waals surface area (Å²) >= 11 is 0. The van der Waals surface area contributed by atoms with E-state index in [9.17, 15) is 4.79 Å². The number of ether oxygens (including phenoxy) is 2. The summed E-state index contributed by atoms with van der Waals surface area (Å²) in [6.45, 7) is 1.09. The van der Waals surface area contributed by atoms with Crippen molar-refractivity contribution in [2.45, 2.75) is 6.04 Å². The van der Waals surface area contributed by atoms with Crippen molar-refractivity contribution in [2.24, 2.45) is 0 Å². The second-order valence-corrected chi connectivity index (χ2v) is 5.24. The number of fused-ring (bicyclic) bond motifs is 5. The van der Waals surface area contributed by atoms with E-state index >= 15 is 0 Å². The van der Waals surface area contributed by atoms with Crippen molar-refractivity contribution in [1.29, 1.82) is 0 Å². The number of nitrogens with zero attached hydrogens (tertiary/aromatic N) is 1. The molecule has 0 saturated carbocycles. The van der Waals surface area contributed by atoms with Crippen LogP contribution < -0.4 is 9.47 Å².